The Kier molecular flexibility index (Phi) is 5.53. The van der Waals surface area contributed by atoms with E-state index in [2.05, 4.69) is 22.7 Å². The summed E-state index contributed by atoms with van der Waals surface area (Å²) in [6.45, 7) is 5.76. The van der Waals surface area contributed by atoms with Crippen LogP contribution in [0.15, 0.2) is 12.3 Å². The van der Waals surface area contributed by atoms with Crippen molar-refractivity contribution < 1.29 is 14.4 Å². The second kappa shape index (κ2) is 7.70. The molecule has 1 aliphatic heterocycles. The van der Waals surface area contributed by atoms with Gasteiger partial charge >= 0.3 is 6.03 Å². The van der Waals surface area contributed by atoms with Crippen molar-refractivity contribution in [2.75, 3.05) is 11.9 Å². The summed E-state index contributed by atoms with van der Waals surface area (Å²) in [7, 11) is 0. The SMILES string of the molecule is CCCC1(CCC)NC(=O)N(CC(=O)Nc2ccnn2[C@H](C)C2CC2)C1=O. The largest absolute Gasteiger partial charge is 0.325 e. The van der Waals surface area contributed by atoms with Gasteiger partial charge in [0.05, 0.1) is 12.2 Å². The maximum absolute atomic E-state index is 12.9. The van der Waals surface area contributed by atoms with Gasteiger partial charge < -0.3 is 10.6 Å². The van der Waals surface area contributed by atoms with E-state index in [0.717, 1.165) is 17.7 Å². The average Bonchev–Trinajstić information content (AvgIpc) is 3.33. The number of imide groups is 1. The van der Waals surface area contributed by atoms with Crippen molar-refractivity contribution in [2.45, 2.75) is 70.9 Å². The molecule has 1 saturated carbocycles. The number of urea groups is 1. The number of hydrogen-bond donors (Lipinski definition) is 2. The quantitative estimate of drug-likeness (QED) is 0.649. The highest BCUT2D eigenvalue weighted by Crippen LogP contribution is 2.40. The van der Waals surface area contributed by atoms with E-state index in [1.807, 2.05) is 13.8 Å². The number of nitrogens with zero attached hydrogens (tertiary/aromatic N) is 3. The predicted molar refractivity (Wildman–Crippen MR) is 101 cm³/mol. The Hall–Kier alpha value is -2.38. The molecule has 0 spiro atoms. The molecule has 4 amide bonds. The van der Waals surface area contributed by atoms with Crippen molar-refractivity contribution in [1.82, 2.24) is 20.0 Å². The van der Waals surface area contributed by atoms with Crippen LogP contribution in [0, 0.1) is 5.92 Å². The fourth-order valence-electron chi connectivity index (χ4n) is 3.98. The van der Waals surface area contributed by atoms with Crippen molar-refractivity contribution in [3.8, 4) is 0 Å². The molecule has 8 nitrogen and oxygen atoms in total. The van der Waals surface area contributed by atoms with Crippen molar-refractivity contribution >= 4 is 23.7 Å². The zero-order valence-corrected chi connectivity index (χ0v) is 16.3. The summed E-state index contributed by atoms with van der Waals surface area (Å²) in [5, 5.41) is 9.93. The van der Waals surface area contributed by atoms with Gasteiger partial charge in [-0.3, -0.25) is 14.5 Å². The number of aromatic nitrogens is 2. The summed E-state index contributed by atoms with van der Waals surface area (Å²) < 4.78 is 1.81. The van der Waals surface area contributed by atoms with Crippen LogP contribution in [0.3, 0.4) is 0 Å². The van der Waals surface area contributed by atoms with E-state index >= 15 is 0 Å². The summed E-state index contributed by atoms with van der Waals surface area (Å²) in [6.07, 6.45) is 6.72. The molecule has 0 radical (unpaired) electrons. The summed E-state index contributed by atoms with van der Waals surface area (Å²) in [5.41, 5.74) is -0.872. The third-order valence-corrected chi connectivity index (χ3v) is 5.53. The van der Waals surface area contributed by atoms with Crippen LogP contribution < -0.4 is 10.6 Å². The molecule has 148 valence electrons. The Bertz CT molecular complexity index is 719. The van der Waals surface area contributed by atoms with Crippen LogP contribution in [0.25, 0.3) is 0 Å². The molecule has 2 aliphatic rings. The second-order valence-electron chi connectivity index (χ2n) is 7.69. The number of nitrogens with one attached hydrogen (secondary N) is 2. The number of carbonyl (C=O) groups is 3. The average molecular weight is 375 g/mol. The Labute approximate surface area is 159 Å². The maximum Gasteiger partial charge on any atom is 0.325 e. The highest BCUT2D eigenvalue weighted by molar-refractivity contribution is 6.10. The van der Waals surface area contributed by atoms with Gasteiger partial charge in [-0.15, -0.1) is 0 Å². The van der Waals surface area contributed by atoms with E-state index in [-0.39, 0.29) is 18.5 Å². The zero-order valence-electron chi connectivity index (χ0n) is 16.3. The van der Waals surface area contributed by atoms with Crippen LogP contribution in [0.5, 0.6) is 0 Å². The zero-order chi connectivity index (χ0) is 19.6. The molecule has 3 rings (SSSR count). The van der Waals surface area contributed by atoms with E-state index < -0.39 is 17.5 Å². The van der Waals surface area contributed by atoms with Crippen molar-refractivity contribution in [3.05, 3.63) is 12.3 Å². The third kappa shape index (κ3) is 3.84. The molecule has 8 heteroatoms. The first-order valence-electron chi connectivity index (χ1n) is 9.89. The smallest absolute Gasteiger partial charge is 0.323 e. The lowest BCUT2D eigenvalue weighted by molar-refractivity contribution is -0.134. The molecule has 1 aromatic rings. The Morgan fingerprint density at radius 3 is 2.59 bits per heavy atom. The molecular weight excluding hydrogens is 346 g/mol. The first-order chi connectivity index (χ1) is 12.9. The fraction of sp³-hybridized carbons (Fsp3) is 0.684. The van der Waals surface area contributed by atoms with Gasteiger partial charge in [0.15, 0.2) is 0 Å². The number of amides is 4. The minimum absolute atomic E-state index is 0.216. The Morgan fingerprint density at radius 2 is 2.00 bits per heavy atom. The lowest BCUT2D eigenvalue weighted by Gasteiger charge is -2.25. The monoisotopic (exact) mass is 375 g/mol. The molecular formula is C19H29N5O3. The number of anilines is 1. The van der Waals surface area contributed by atoms with E-state index in [1.54, 1.807) is 16.9 Å². The normalized spacial score (nSPS) is 19.9. The lowest BCUT2D eigenvalue weighted by atomic mass is 9.88. The summed E-state index contributed by atoms with van der Waals surface area (Å²) in [5.74, 6) is 0.494. The molecule has 2 N–H and O–H groups in total. The van der Waals surface area contributed by atoms with Crippen LogP contribution in [0.1, 0.15) is 65.3 Å². The Balaban J connectivity index is 1.67. The van der Waals surface area contributed by atoms with Gasteiger partial charge in [-0.05, 0) is 38.5 Å². The van der Waals surface area contributed by atoms with E-state index in [9.17, 15) is 14.4 Å². The topological polar surface area (TPSA) is 96.3 Å². The second-order valence-corrected chi connectivity index (χ2v) is 7.69. The minimum atomic E-state index is -0.872. The van der Waals surface area contributed by atoms with Crippen molar-refractivity contribution in [1.29, 1.82) is 0 Å². The standard InChI is InChI=1S/C19H29N5O3/c1-4-9-19(10-5-2)17(26)23(18(27)22-19)12-16(25)21-15-8-11-20-24(15)13(3)14-6-7-14/h8,11,13-14H,4-7,9-10,12H2,1-3H3,(H,21,25)(H,22,27)/t13-/m1/s1. The van der Waals surface area contributed by atoms with Crippen LogP contribution in [0.4, 0.5) is 10.6 Å². The van der Waals surface area contributed by atoms with E-state index in [1.165, 1.54) is 12.8 Å². The summed E-state index contributed by atoms with van der Waals surface area (Å²) in [4.78, 5) is 38.8. The minimum Gasteiger partial charge on any atom is -0.323 e. The van der Waals surface area contributed by atoms with Crippen molar-refractivity contribution in [2.24, 2.45) is 5.92 Å². The molecule has 1 aromatic heterocycles. The van der Waals surface area contributed by atoms with Crippen LogP contribution in [0.2, 0.25) is 0 Å². The summed E-state index contributed by atoms with van der Waals surface area (Å²) >= 11 is 0. The van der Waals surface area contributed by atoms with E-state index in [0.29, 0.717) is 24.6 Å². The van der Waals surface area contributed by atoms with Gasteiger partial charge in [-0.1, -0.05) is 26.7 Å². The molecule has 2 heterocycles. The van der Waals surface area contributed by atoms with Gasteiger partial charge in [0.25, 0.3) is 5.91 Å². The van der Waals surface area contributed by atoms with Crippen molar-refractivity contribution in [3.63, 3.8) is 0 Å². The van der Waals surface area contributed by atoms with E-state index in [4.69, 9.17) is 0 Å². The molecule has 0 bridgehead atoms. The molecule has 1 saturated heterocycles. The maximum atomic E-state index is 12.9. The molecule has 27 heavy (non-hydrogen) atoms. The highest BCUT2D eigenvalue weighted by Gasteiger charge is 2.50. The molecule has 0 aromatic carbocycles. The lowest BCUT2D eigenvalue weighted by Crippen LogP contribution is -2.47. The number of carbonyl (C=O) groups excluding carboxylic acids is 3. The molecule has 1 atom stereocenters. The predicted octanol–water partition coefficient (Wildman–Crippen LogP) is 2.68. The third-order valence-electron chi connectivity index (χ3n) is 5.53. The van der Waals surface area contributed by atoms with Gasteiger partial charge in [0, 0.05) is 6.07 Å². The van der Waals surface area contributed by atoms with Gasteiger partial charge in [0.2, 0.25) is 5.91 Å². The molecule has 1 aliphatic carbocycles. The van der Waals surface area contributed by atoms with Crippen LogP contribution in [-0.2, 0) is 9.59 Å². The van der Waals surface area contributed by atoms with Gasteiger partial charge in [-0.2, -0.15) is 5.10 Å². The highest BCUT2D eigenvalue weighted by atomic mass is 16.2. The first kappa shape index (κ1) is 19.4. The molecule has 0 unspecified atom stereocenters. The van der Waals surface area contributed by atoms with Gasteiger partial charge in [0.1, 0.15) is 17.9 Å². The fourth-order valence-corrected chi connectivity index (χ4v) is 3.98. The Morgan fingerprint density at radius 1 is 1.33 bits per heavy atom. The van der Waals surface area contributed by atoms with Gasteiger partial charge in [-0.25, -0.2) is 9.48 Å². The molecule has 2 fully saturated rings. The number of hydrogen-bond acceptors (Lipinski definition) is 4. The first-order valence-corrected chi connectivity index (χ1v) is 9.89. The van der Waals surface area contributed by atoms with Crippen LogP contribution in [-0.4, -0.2) is 44.6 Å². The number of rotatable bonds is 9. The van der Waals surface area contributed by atoms with Crippen LogP contribution >= 0.6 is 0 Å². The summed E-state index contributed by atoms with van der Waals surface area (Å²) in [6, 6.07) is 1.46.